The number of amides is 1. The first-order chi connectivity index (χ1) is 13.2. The number of nitrogens with zero attached hydrogens (tertiary/aromatic N) is 2. The van der Waals surface area contributed by atoms with Gasteiger partial charge in [0.25, 0.3) is 0 Å². The molecule has 3 rings (SSSR count). The summed E-state index contributed by atoms with van der Waals surface area (Å²) in [5.41, 5.74) is 3.02. The molecule has 0 fully saturated rings. The molecule has 27 heavy (non-hydrogen) atoms. The predicted octanol–water partition coefficient (Wildman–Crippen LogP) is 5.76. The average Bonchev–Trinajstić information content (AvgIpc) is 2.72. The molecule has 0 atom stereocenters. The van der Waals surface area contributed by atoms with Crippen LogP contribution in [0.1, 0.15) is 5.56 Å². The Labute approximate surface area is 158 Å². The Morgan fingerprint density at radius 1 is 0.852 bits per heavy atom. The van der Waals surface area contributed by atoms with Crippen LogP contribution in [0.25, 0.3) is 6.08 Å². The molecule has 0 saturated carbocycles. The molecule has 3 aromatic carbocycles. The molecule has 1 amide bonds. The van der Waals surface area contributed by atoms with E-state index in [1.165, 1.54) is 6.08 Å². The number of carbonyl (C=O) groups is 1. The Balaban J connectivity index is 1.60. The van der Waals surface area contributed by atoms with Crippen molar-refractivity contribution in [2.24, 2.45) is 10.2 Å². The van der Waals surface area contributed by atoms with Crippen LogP contribution in [0.4, 0.5) is 17.1 Å². The fourth-order valence-electron chi connectivity index (χ4n) is 2.38. The average molecular weight is 357 g/mol. The molecule has 0 aliphatic carbocycles. The van der Waals surface area contributed by atoms with E-state index in [2.05, 4.69) is 15.5 Å². The molecule has 0 aromatic heterocycles. The Kier molecular flexibility index (Phi) is 6.09. The molecule has 5 nitrogen and oxygen atoms in total. The van der Waals surface area contributed by atoms with Crippen molar-refractivity contribution in [2.45, 2.75) is 0 Å². The second kappa shape index (κ2) is 9.10. The quantitative estimate of drug-likeness (QED) is 0.450. The smallest absolute Gasteiger partial charge is 0.248 e. The van der Waals surface area contributed by atoms with Crippen molar-refractivity contribution in [3.05, 3.63) is 90.5 Å². The number of azo groups is 1. The van der Waals surface area contributed by atoms with Crippen LogP contribution in [0.5, 0.6) is 5.75 Å². The SMILES string of the molecule is COc1ccccc1C=CC(=O)Nc1ccc(N=Nc2ccccc2)cc1. The fourth-order valence-corrected chi connectivity index (χ4v) is 2.38. The zero-order chi connectivity index (χ0) is 18.9. The summed E-state index contributed by atoms with van der Waals surface area (Å²) in [5.74, 6) is 0.495. The van der Waals surface area contributed by atoms with Gasteiger partial charge in [0.1, 0.15) is 5.75 Å². The maximum Gasteiger partial charge on any atom is 0.248 e. The van der Waals surface area contributed by atoms with Crippen LogP contribution in [0.2, 0.25) is 0 Å². The van der Waals surface area contributed by atoms with E-state index in [0.717, 1.165) is 17.0 Å². The summed E-state index contributed by atoms with van der Waals surface area (Å²) in [6.07, 6.45) is 3.19. The predicted molar refractivity (Wildman–Crippen MR) is 108 cm³/mol. The molecule has 0 bridgehead atoms. The molecule has 0 aliphatic heterocycles. The number of benzene rings is 3. The Morgan fingerprint density at radius 2 is 1.48 bits per heavy atom. The van der Waals surface area contributed by atoms with Gasteiger partial charge < -0.3 is 10.1 Å². The summed E-state index contributed by atoms with van der Waals surface area (Å²) in [6.45, 7) is 0. The van der Waals surface area contributed by atoms with E-state index >= 15 is 0 Å². The van der Waals surface area contributed by atoms with Gasteiger partial charge in [-0.25, -0.2) is 0 Å². The van der Waals surface area contributed by atoms with Crippen molar-refractivity contribution in [3.8, 4) is 5.75 Å². The third-order valence-corrected chi connectivity index (χ3v) is 3.73. The molecule has 0 spiro atoms. The monoisotopic (exact) mass is 357 g/mol. The van der Waals surface area contributed by atoms with Gasteiger partial charge in [-0.15, -0.1) is 0 Å². The second-order valence-electron chi connectivity index (χ2n) is 5.65. The zero-order valence-corrected chi connectivity index (χ0v) is 14.9. The minimum absolute atomic E-state index is 0.223. The van der Waals surface area contributed by atoms with Gasteiger partial charge >= 0.3 is 0 Å². The highest BCUT2D eigenvalue weighted by atomic mass is 16.5. The normalized spacial score (nSPS) is 11.0. The van der Waals surface area contributed by atoms with E-state index in [9.17, 15) is 4.79 Å². The number of rotatable bonds is 6. The van der Waals surface area contributed by atoms with E-state index in [0.29, 0.717) is 11.4 Å². The van der Waals surface area contributed by atoms with Crippen LogP contribution in [0, 0.1) is 0 Å². The summed E-state index contributed by atoms with van der Waals surface area (Å²) in [4.78, 5) is 12.1. The first-order valence-corrected chi connectivity index (χ1v) is 8.43. The summed E-state index contributed by atoms with van der Waals surface area (Å²) < 4.78 is 5.26. The topological polar surface area (TPSA) is 63.0 Å². The molecule has 5 heteroatoms. The van der Waals surface area contributed by atoms with Gasteiger partial charge in [0.15, 0.2) is 0 Å². The van der Waals surface area contributed by atoms with Crippen LogP contribution in [0.15, 0.2) is 95.2 Å². The Bertz CT molecular complexity index is 949. The van der Waals surface area contributed by atoms with Gasteiger partial charge in [-0.1, -0.05) is 36.4 Å². The summed E-state index contributed by atoms with van der Waals surface area (Å²) in [7, 11) is 1.60. The van der Waals surface area contributed by atoms with Crippen molar-refractivity contribution in [1.29, 1.82) is 0 Å². The Morgan fingerprint density at radius 3 is 2.19 bits per heavy atom. The first kappa shape index (κ1) is 18.1. The third kappa shape index (κ3) is 5.37. The molecule has 0 radical (unpaired) electrons. The largest absolute Gasteiger partial charge is 0.496 e. The molecule has 0 aliphatic rings. The standard InChI is InChI=1S/C22H19N3O2/c1-27-21-10-6-5-7-17(21)11-16-22(26)23-18-12-14-20(15-13-18)25-24-19-8-3-2-4-9-19/h2-16H,1H3,(H,23,26). The van der Waals surface area contributed by atoms with Crippen LogP contribution in [0.3, 0.4) is 0 Å². The number of methoxy groups -OCH3 is 1. The molecule has 3 aromatic rings. The van der Waals surface area contributed by atoms with Gasteiger partial charge in [-0.05, 0) is 48.5 Å². The lowest BCUT2D eigenvalue weighted by atomic mass is 10.2. The lowest BCUT2D eigenvalue weighted by Gasteiger charge is -2.04. The number of nitrogens with one attached hydrogen (secondary N) is 1. The highest BCUT2D eigenvalue weighted by molar-refractivity contribution is 6.02. The van der Waals surface area contributed by atoms with E-state index < -0.39 is 0 Å². The van der Waals surface area contributed by atoms with Crippen LogP contribution < -0.4 is 10.1 Å². The van der Waals surface area contributed by atoms with Crippen molar-refractivity contribution >= 4 is 29.0 Å². The minimum Gasteiger partial charge on any atom is -0.496 e. The van der Waals surface area contributed by atoms with E-state index in [-0.39, 0.29) is 5.91 Å². The number of carbonyl (C=O) groups excluding carboxylic acids is 1. The molecule has 0 unspecified atom stereocenters. The van der Waals surface area contributed by atoms with Gasteiger partial charge in [0, 0.05) is 17.3 Å². The van der Waals surface area contributed by atoms with Crippen molar-refractivity contribution in [3.63, 3.8) is 0 Å². The maximum atomic E-state index is 12.1. The molecule has 0 heterocycles. The number of para-hydroxylation sites is 1. The molecule has 134 valence electrons. The first-order valence-electron chi connectivity index (χ1n) is 8.43. The molecular formula is C22H19N3O2. The number of anilines is 1. The number of ether oxygens (including phenoxy) is 1. The van der Waals surface area contributed by atoms with E-state index in [1.54, 1.807) is 37.5 Å². The van der Waals surface area contributed by atoms with Crippen molar-refractivity contribution < 1.29 is 9.53 Å². The van der Waals surface area contributed by atoms with E-state index in [4.69, 9.17) is 4.74 Å². The highest BCUT2D eigenvalue weighted by Crippen LogP contribution is 2.21. The van der Waals surface area contributed by atoms with Crippen molar-refractivity contribution in [2.75, 3.05) is 12.4 Å². The van der Waals surface area contributed by atoms with Crippen LogP contribution in [-0.2, 0) is 4.79 Å². The van der Waals surface area contributed by atoms with E-state index in [1.807, 2.05) is 54.6 Å². The van der Waals surface area contributed by atoms with Gasteiger partial charge in [-0.2, -0.15) is 10.2 Å². The molecular weight excluding hydrogens is 338 g/mol. The number of hydrogen-bond acceptors (Lipinski definition) is 4. The molecule has 0 saturated heterocycles. The van der Waals surface area contributed by atoms with Gasteiger partial charge in [-0.3, -0.25) is 4.79 Å². The fraction of sp³-hybridized carbons (Fsp3) is 0.0455. The lowest BCUT2D eigenvalue weighted by Crippen LogP contribution is -2.07. The zero-order valence-electron chi connectivity index (χ0n) is 14.9. The Hall–Kier alpha value is -3.73. The maximum absolute atomic E-state index is 12.1. The molecule has 1 N–H and O–H groups in total. The van der Waals surface area contributed by atoms with Gasteiger partial charge in [0.2, 0.25) is 5.91 Å². The minimum atomic E-state index is -0.223. The van der Waals surface area contributed by atoms with Crippen LogP contribution in [-0.4, -0.2) is 13.0 Å². The second-order valence-corrected chi connectivity index (χ2v) is 5.65. The van der Waals surface area contributed by atoms with Crippen LogP contribution >= 0.6 is 0 Å². The summed E-state index contributed by atoms with van der Waals surface area (Å²) in [6, 6.07) is 24.2. The number of hydrogen-bond donors (Lipinski definition) is 1. The summed E-state index contributed by atoms with van der Waals surface area (Å²) in [5, 5.41) is 11.1. The van der Waals surface area contributed by atoms with Crippen molar-refractivity contribution in [1.82, 2.24) is 0 Å². The van der Waals surface area contributed by atoms with Gasteiger partial charge in [0.05, 0.1) is 18.5 Å². The highest BCUT2D eigenvalue weighted by Gasteiger charge is 2.01. The lowest BCUT2D eigenvalue weighted by molar-refractivity contribution is -0.111. The third-order valence-electron chi connectivity index (χ3n) is 3.73. The summed E-state index contributed by atoms with van der Waals surface area (Å²) >= 11 is 0.